The van der Waals surface area contributed by atoms with Crippen LogP contribution in [0.15, 0.2) is 47.9 Å². The molecule has 0 saturated carbocycles. The van der Waals surface area contributed by atoms with Crippen molar-refractivity contribution >= 4 is 22.8 Å². The van der Waals surface area contributed by atoms with Crippen LogP contribution in [-0.4, -0.2) is 5.87 Å². The minimum atomic E-state index is 1.05. The second-order valence-electron chi connectivity index (χ2n) is 2.61. The van der Waals surface area contributed by atoms with Gasteiger partial charge < -0.3 is 0 Å². The molecule has 0 spiro atoms. The van der Waals surface area contributed by atoms with Gasteiger partial charge in [0.15, 0.2) is 0 Å². The van der Waals surface area contributed by atoms with Crippen molar-refractivity contribution in [2.24, 2.45) is 0 Å². The lowest BCUT2D eigenvalue weighted by Gasteiger charge is -1.99. The zero-order valence-corrected chi connectivity index (χ0v) is 8.67. The zero-order valence-electron chi connectivity index (χ0n) is 7.77. The molecule has 0 fully saturated rings. The minimum absolute atomic E-state index is 1.05. The van der Waals surface area contributed by atoms with Crippen LogP contribution in [0.4, 0.5) is 0 Å². The van der Waals surface area contributed by atoms with E-state index in [1.165, 1.54) is 11.1 Å². The third-order valence-electron chi connectivity index (χ3n) is 1.78. The highest BCUT2D eigenvalue weighted by molar-refractivity contribution is 7.99. The van der Waals surface area contributed by atoms with Gasteiger partial charge in [0.25, 0.3) is 0 Å². The first-order valence-electron chi connectivity index (χ1n) is 4.22. The number of benzene rings is 1. The van der Waals surface area contributed by atoms with Crippen molar-refractivity contribution in [1.29, 1.82) is 0 Å². The summed E-state index contributed by atoms with van der Waals surface area (Å²) in [5.41, 5.74) is 2.50. The average Bonchev–Trinajstić information content (AvgIpc) is 2.21. The molecule has 0 nitrogen and oxygen atoms in total. The molecule has 0 amide bonds. The van der Waals surface area contributed by atoms with E-state index in [1.54, 1.807) is 0 Å². The van der Waals surface area contributed by atoms with E-state index in [9.17, 15) is 0 Å². The van der Waals surface area contributed by atoms with Crippen LogP contribution in [0, 0.1) is 0 Å². The van der Waals surface area contributed by atoms with E-state index in [0.717, 1.165) is 11.4 Å². The summed E-state index contributed by atoms with van der Waals surface area (Å²) in [6.45, 7) is 2.05. The fourth-order valence-electron chi connectivity index (χ4n) is 1.12. The molecule has 0 aliphatic rings. The van der Waals surface area contributed by atoms with Crippen molar-refractivity contribution in [3.8, 4) is 0 Å². The summed E-state index contributed by atoms with van der Waals surface area (Å²) in [4.78, 5) is 0. The highest BCUT2D eigenvalue weighted by atomic mass is 32.1. The summed E-state index contributed by atoms with van der Waals surface area (Å²) in [5.74, 6) is 3.74. The molecule has 1 heteroatoms. The Bertz CT molecular complexity index is 320. The second-order valence-corrected chi connectivity index (χ2v) is 3.27. The van der Waals surface area contributed by atoms with E-state index < -0.39 is 0 Å². The topological polar surface area (TPSA) is 0 Å². The quantitative estimate of drug-likeness (QED) is 0.421. The number of rotatable bonds is 3. The molecule has 0 aliphatic heterocycles. The summed E-state index contributed by atoms with van der Waals surface area (Å²) < 4.78 is 0. The fourth-order valence-corrected chi connectivity index (χ4v) is 1.39. The standard InChI is InChI=1S/C12H14S/c1-3-11(9-10-13-2)12-7-5-4-6-8-12/h3-10,13H,2H2,1H3/b10-9-,11-3+. The van der Waals surface area contributed by atoms with Gasteiger partial charge in [-0.15, -0.1) is 0 Å². The molecular weight excluding hydrogens is 176 g/mol. The predicted molar refractivity (Wildman–Crippen MR) is 65.3 cm³/mol. The smallest absolute Gasteiger partial charge is 0.0187 e. The molecule has 68 valence electrons. The largest absolute Gasteiger partial charge is 0.184 e. The van der Waals surface area contributed by atoms with Gasteiger partial charge in [0.2, 0.25) is 0 Å². The molecule has 0 bridgehead atoms. The van der Waals surface area contributed by atoms with Crippen molar-refractivity contribution in [3.05, 3.63) is 53.5 Å². The normalized spacial score (nSPS) is 12.2. The monoisotopic (exact) mass is 190 g/mol. The minimum Gasteiger partial charge on any atom is -0.184 e. The predicted octanol–water partition coefficient (Wildman–Crippen LogP) is 3.50. The van der Waals surface area contributed by atoms with Gasteiger partial charge in [-0.1, -0.05) is 42.3 Å². The van der Waals surface area contributed by atoms with Crippen LogP contribution in [0.5, 0.6) is 0 Å². The molecule has 1 rings (SSSR count). The Morgan fingerprint density at radius 2 is 2.00 bits per heavy atom. The van der Waals surface area contributed by atoms with Gasteiger partial charge >= 0.3 is 0 Å². The molecule has 13 heavy (non-hydrogen) atoms. The maximum absolute atomic E-state index is 3.74. The molecule has 0 atom stereocenters. The molecule has 0 unspecified atom stereocenters. The summed E-state index contributed by atoms with van der Waals surface area (Å²) in [7, 11) is 0. The van der Waals surface area contributed by atoms with Crippen molar-refractivity contribution < 1.29 is 0 Å². The number of thiol groups is 1. The zero-order chi connectivity index (χ0) is 9.52. The molecule has 0 aromatic heterocycles. The Kier molecular flexibility index (Phi) is 4.27. The number of hydrogen-bond donors (Lipinski definition) is 1. The van der Waals surface area contributed by atoms with Crippen LogP contribution in [0.25, 0.3) is 5.57 Å². The number of hydrogen-bond acceptors (Lipinski definition) is 0. The maximum Gasteiger partial charge on any atom is -0.0187 e. The van der Waals surface area contributed by atoms with Crippen LogP contribution in [0.1, 0.15) is 12.5 Å². The van der Waals surface area contributed by atoms with E-state index in [2.05, 4.69) is 42.3 Å². The Hall–Kier alpha value is -1.08. The third kappa shape index (κ3) is 3.03. The van der Waals surface area contributed by atoms with Crippen molar-refractivity contribution in [2.45, 2.75) is 6.92 Å². The van der Waals surface area contributed by atoms with Gasteiger partial charge in [-0.25, -0.2) is 0 Å². The highest BCUT2D eigenvalue weighted by Gasteiger charge is 1.92. The molecule has 0 N–H and O–H groups in total. The van der Waals surface area contributed by atoms with Gasteiger partial charge in [0.1, 0.15) is 0 Å². The summed E-state index contributed by atoms with van der Waals surface area (Å²) in [6, 6.07) is 10.3. The van der Waals surface area contributed by atoms with Crippen LogP contribution in [0.3, 0.4) is 0 Å². The van der Waals surface area contributed by atoms with Gasteiger partial charge in [-0.05, 0) is 29.5 Å². The Morgan fingerprint density at radius 1 is 1.31 bits per heavy atom. The van der Waals surface area contributed by atoms with Crippen molar-refractivity contribution in [2.75, 3.05) is 0 Å². The first-order chi connectivity index (χ1) is 6.38. The third-order valence-corrected chi connectivity index (χ3v) is 2.14. The first kappa shape index (κ1) is 10.0. The lowest BCUT2D eigenvalue weighted by molar-refractivity contribution is 1.60. The Morgan fingerprint density at radius 3 is 2.54 bits per heavy atom. The van der Waals surface area contributed by atoms with E-state index in [4.69, 9.17) is 0 Å². The Labute approximate surface area is 83.6 Å². The summed E-state index contributed by atoms with van der Waals surface area (Å²) in [6.07, 6.45) is 4.21. The van der Waals surface area contributed by atoms with Crippen molar-refractivity contribution in [1.82, 2.24) is 0 Å². The van der Waals surface area contributed by atoms with Crippen LogP contribution in [-0.2, 0) is 0 Å². The molecule has 0 aliphatic carbocycles. The van der Waals surface area contributed by atoms with Crippen molar-refractivity contribution in [3.63, 3.8) is 0 Å². The molecule has 0 saturated heterocycles. The van der Waals surface area contributed by atoms with Gasteiger partial charge in [0, 0.05) is 0 Å². The lowest BCUT2D eigenvalue weighted by Crippen LogP contribution is -1.77. The van der Waals surface area contributed by atoms with E-state index in [1.807, 2.05) is 18.4 Å². The van der Waals surface area contributed by atoms with E-state index >= 15 is 0 Å². The van der Waals surface area contributed by atoms with Crippen LogP contribution < -0.4 is 0 Å². The summed E-state index contributed by atoms with van der Waals surface area (Å²) >= 11 is 1.05. The van der Waals surface area contributed by atoms with Gasteiger partial charge in [0.05, 0.1) is 0 Å². The second kappa shape index (κ2) is 5.55. The molecule has 0 radical (unpaired) electrons. The lowest BCUT2D eigenvalue weighted by atomic mass is 10.1. The molecular formula is C12H14S. The van der Waals surface area contributed by atoms with Crippen LogP contribution in [0.2, 0.25) is 0 Å². The molecule has 1 aromatic carbocycles. The van der Waals surface area contributed by atoms with Gasteiger partial charge in [-0.3, -0.25) is 0 Å². The van der Waals surface area contributed by atoms with E-state index in [0.29, 0.717) is 0 Å². The molecule has 0 heterocycles. The first-order valence-corrected chi connectivity index (χ1v) is 5.37. The SMILES string of the molecule is C=[SH]/C=C\C(=C/C)c1ccccc1. The fraction of sp³-hybridized carbons (Fsp3) is 0.0833. The highest BCUT2D eigenvalue weighted by Crippen LogP contribution is 2.15. The van der Waals surface area contributed by atoms with Crippen LogP contribution >= 0.6 is 11.4 Å². The number of allylic oxidation sites excluding steroid dienone is 3. The van der Waals surface area contributed by atoms with E-state index in [-0.39, 0.29) is 0 Å². The summed E-state index contributed by atoms with van der Waals surface area (Å²) in [5, 5.41) is 2.04. The average molecular weight is 190 g/mol. The Balaban J connectivity index is 2.92. The molecule has 1 aromatic rings. The van der Waals surface area contributed by atoms with Gasteiger partial charge in [-0.2, -0.15) is 11.4 Å². The maximum atomic E-state index is 3.74.